The molecule has 3 aromatic rings. The Kier molecular flexibility index (Phi) is 3.12. The number of rotatable bonds is 3. The van der Waals surface area contributed by atoms with E-state index < -0.39 is 0 Å². The monoisotopic (exact) mass is 271 g/mol. The van der Waals surface area contributed by atoms with Crippen LogP contribution in [0.25, 0.3) is 11.0 Å². The molecule has 0 spiro atoms. The van der Waals surface area contributed by atoms with Gasteiger partial charge in [-0.3, -0.25) is 0 Å². The smallest absolute Gasteiger partial charge is 0.136 e. The standard InChI is InChI=1S/C15H14FN3O/c16-12-4-2-1-3-10(12)8-19-14-6-5-11(17)7-13(14)18-15(19)9-20/h1-7,20H,8-9,17H2. The fraction of sp³-hybridized carbons (Fsp3) is 0.133. The summed E-state index contributed by atoms with van der Waals surface area (Å²) in [5.74, 6) is 0.225. The van der Waals surface area contributed by atoms with Gasteiger partial charge in [-0.2, -0.15) is 0 Å². The van der Waals surface area contributed by atoms with Crippen LogP contribution in [-0.4, -0.2) is 14.7 Å². The molecule has 0 amide bonds. The van der Waals surface area contributed by atoms with E-state index in [0.29, 0.717) is 29.1 Å². The van der Waals surface area contributed by atoms with E-state index in [4.69, 9.17) is 5.73 Å². The van der Waals surface area contributed by atoms with Crippen LogP contribution in [-0.2, 0) is 13.2 Å². The number of imidazole rings is 1. The van der Waals surface area contributed by atoms with Crippen molar-refractivity contribution in [2.24, 2.45) is 0 Å². The second kappa shape index (κ2) is 4.94. The zero-order chi connectivity index (χ0) is 14.1. The van der Waals surface area contributed by atoms with E-state index in [1.165, 1.54) is 6.07 Å². The Morgan fingerprint density at radius 3 is 2.75 bits per heavy atom. The molecule has 0 unspecified atom stereocenters. The van der Waals surface area contributed by atoms with E-state index in [9.17, 15) is 9.50 Å². The van der Waals surface area contributed by atoms with E-state index in [1.54, 1.807) is 34.9 Å². The predicted octanol–water partition coefficient (Wildman–Crippen LogP) is 2.30. The summed E-state index contributed by atoms with van der Waals surface area (Å²) in [5.41, 5.74) is 8.42. The number of aliphatic hydroxyl groups excluding tert-OH is 1. The summed E-state index contributed by atoms with van der Waals surface area (Å²) in [6.45, 7) is 0.117. The van der Waals surface area contributed by atoms with Crippen molar-refractivity contribution in [3.8, 4) is 0 Å². The molecule has 0 aliphatic carbocycles. The second-order valence-corrected chi connectivity index (χ2v) is 4.61. The normalized spacial score (nSPS) is 11.1. The Morgan fingerprint density at radius 1 is 1.20 bits per heavy atom. The predicted molar refractivity (Wildman–Crippen MR) is 75.6 cm³/mol. The molecule has 1 aromatic heterocycles. The van der Waals surface area contributed by atoms with Gasteiger partial charge in [-0.1, -0.05) is 18.2 Å². The van der Waals surface area contributed by atoms with Crippen LogP contribution < -0.4 is 5.73 Å². The minimum atomic E-state index is -0.270. The molecule has 0 aliphatic heterocycles. The Labute approximate surface area is 115 Å². The fourth-order valence-corrected chi connectivity index (χ4v) is 2.29. The van der Waals surface area contributed by atoms with Gasteiger partial charge in [0.05, 0.1) is 17.6 Å². The molecule has 5 heteroatoms. The Hall–Kier alpha value is -2.40. The van der Waals surface area contributed by atoms with Crippen molar-refractivity contribution >= 4 is 16.7 Å². The maximum Gasteiger partial charge on any atom is 0.136 e. The van der Waals surface area contributed by atoms with E-state index in [2.05, 4.69) is 4.98 Å². The molecular weight excluding hydrogens is 257 g/mol. The fourth-order valence-electron chi connectivity index (χ4n) is 2.29. The van der Waals surface area contributed by atoms with Crippen LogP contribution in [0.15, 0.2) is 42.5 Å². The van der Waals surface area contributed by atoms with Crippen molar-refractivity contribution in [1.82, 2.24) is 9.55 Å². The summed E-state index contributed by atoms with van der Waals surface area (Å²) in [4.78, 5) is 4.33. The number of nitrogen functional groups attached to an aromatic ring is 1. The van der Waals surface area contributed by atoms with Crippen LogP contribution in [0.5, 0.6) is 0 Å². The van der Waals surface area contributed by atoms with Crippen LogP contribution in [0, 0.1) is 5.82 Å². The van der Waals surface area contributed by atoms with Gasteiger partial charge in [0.1, 0.15) is 18.2 Å². The quantitative estimate of drug-likeness (QED) is 0.718. The molecule has 0 saturated carbocycles. The lowest BCUT2D eigenvalue weighted by Gasteiger charge is -2.09. The summed E-state index contributed by atoms with van der Waals surface area (Å²) in [7, 11) is 0. The number of benzene rings is 2. The van der Waals surface area contributed by atoms with Gasteiger partial charge in [0.2, 0.25) is 0 Å². The molecule has 3 N–H and O–H groups in total. The van der Waals surface area contributed by atoms with Crippen molar-refractivity contribution in [1.29, 1.82) is 0 Å². The van der Waals surface area contributed by atoms with Crippen LogP contribution in [0.3, 0.4) is 0 Å². The zero-order valence-corrected chi connectivity index (χ0v) is 10.8. The van der Waals surface area contributed by atoms with Crippen LogP contribution in [0.1, 0.15) is 11.4 Å². The third-order valence-electron chi connectivity index (χ3n) is 3.28. The second-order valence-electron chi connectivity index (χ2n) is 4.61. The molecule has 0 saturated heterocycles. The van der Waals surface area contributed by atoms with Gasteiger partial charge < -0.3 is 15.4 Å². The van der Waals surface area contributed by atoms with E-state index >= 15 is 0 Å². The van der Waals surface area contributed by atoms with Gasteiger partial charge in [-0.05, 0) is 24.3 Å². The zero-order valence-electron chi connectivity index (χ0n) is 10.8. The summed E-state index contributed by atoms with van der Waals surface area (Å²) in [5, 5.41) is 9.43. The summed E-state index contributed by atoms with van der Waals surface area (Å²) >= 11 is 0. The molecule has 0 radical (unpaired) electrons. The van der Waals surface area contributed by atoms with E-state index in [0.717, 1.165) is 5.52 Å². The molecular formula is C15H14FN3O. The third kappa shape index (κ3) is 2.12. The molecule has 1 heterocycles. The number of hydrogen-bond donors (Lipinski definition) is 2. The van der Waals surface area contributed by atoms with Crippen molar-refractivity contribution in [3.63, 3.8) is 0 Å². The highest BCUT2D eigenvalue weighted by atomic mass is 19.1. The topological polar surface area (TPSA) is 64.1 Å². The number of nitrogens with two attached hydrogens (primary N) is 1. The molecule has 2 aromatic carbocycles. The molecule has 20 heavy (non-hydrogen) atoms. The largest absolute Gasteiger partial charge is 0.399 e. The first-order valence-electron chi connectivity index (χ1n) is 6.28. The van der Waals surface area contributed by atoms with Gasteiger partial charge >= 0.3 is 0 Å². The summed E-state index contributed by atoms with van der Waals surface area (Å²) in [6.07, 6.45) is 0. The molecule has 0 atom stereocenters. The third-order valence-corrected chi connectivity index (χ3v) is 3.28. The minimum Gasteiger partial charge on any atom is -0.399 e. The first kappa shape index (κ1) is 12.6. The number of nitrogens with zero attached hydrogens (tertiary/aromatic N) is 2. The first-order valence-corrected chi connectivity index (χ1v) is 6.28. The van der Waals surface area contributed by atoms with Crippen molar-refractivity contribution < 1.29 is 9.50 Å². The highest BCUT2D eigenvalue weighted by molar-refractivity contribution is 5.79. The number of anilines is 1. The number of fused-ring (bicyclic) bond motifs is 1. The SMILES string of the molecule is Nc1ccc2c(c1)nc(CO)n2Cc1ccccc1F. The van der Waals surface area contributed by atoms with Gasteiger partial charge in [0, 0.05) is 11.3 Å². The summed E-state index contributed by atoms with van der Waals surface area (Å²) < 4.78 is 15.6. The van der Waals surface area contributed by atoms with Crippen LogP contribution >= 0.6 is 0 Å². The summed E-state index contributed by atoms with van der Waals surface area (Å²) in [6, 6.07) is 11.9. The van der Waals surface area contributed by atoms with Gasteiger partial charge in [-0.25, -0.2) is 9.37 Å². The number of aliphatic hydroxyl groups is 1. The van der Waals surface area contributed by atoms with Gasteiger partial charge in [-0.15, -0.1) is 0 Å². The lowest BCUT2D eigenvalue weighted by Crippen LogP contribution is -2.06. The lowest BCUT2D eigenvalue weighted by atomic mass is 10.2. The van der Waals surface area contributed by atoms with Crippen LogP contribution in [0.4, 0.5) is 10.1 Å². The van der Waals surface area contributed by atoms with E-state index in [-0.39, 0.29) is 12.4 Å². The molecule has 4 nitrogen and oxygen atoms in total. The Balaban J connectivity index is 2.12. The van der Waals surface area contributed by atoms with Crippen LogP contribution in [0.2, 0.25) is 0 Å². The number of hydrogen-bond acceptors (Lipinski definition) is 3. The lowest BCUT2D eigenvalue weighted by molar-refractivity contribution is 0.267. The van der Waals surface area contributed by atoms with Crippen molar-refractivity contribution in [2.45, 2.75) is 13.2 Å². The average Bonchev–Trinajstić information content (AvgIpc) is 2.78. The average molecular weight is 271 g/mol. The van der Waals surface area contributed by atoms with E-state index in [1.807, 2.05) is 6.07 Å². The van der Waals surface area contributed by atoms with Crippen molar-refractivity contribution in [2.75, 3.05) is 5.73 Å². The Bertz CT molecular complexity index is 767. The highest BCUT2D eigenvalue weighted by Gasteiger charge is 2.12. The van der Waals surface area contributed by atoms with Crippen molar-refractivity contribution in [3.05, 3.63) is 59.7 Å². The van der Waals surface area contributed by atoms with Gasteiger partial charge in [0.25, 0.3) is 0 Å². The molecule has 102 valence electrons. The Morgan fingerprint density at radius 2 is 2.00 bits per heavy atom. The first-order chi connectivity index (χ1) is 9.69. The molecule has 0 fully saturated rings. The highest BCUT2D eigenvalue weighted by Crippen LogP contribution is 2.21. The van der Waals surface area contributed by atoms with Gasteiger partial charge in [0.15, 0.2) is 0 Å². The maximum absolute atomic E-state index is 13.8. The maximum atomic E-state index is 13.8. The molecule has 3 rings (SSSR count). The minimum absolute atomic E-state index is 0.205. The number of aromatic nitrogens is 2. The number of halogens is 1. The molecule has 0 aliphatic rings. The molecule has 0 bridgehead atoms.